The summed E-state index contributed by atoms with van der Waals surface area (Å²) in [5.41, 5.74) is 3.83. The van der Waals surface area contributed by atoms with Crippen LogP contribution in [0.2, 0.25) is 5.02 Å². The number of aromatic nitrogens is 3. The lowest BCUT2D eigenvalue weighted by atomic mass is 9.88. The number of thiophene rings is 1. The second kappa shape index (κ2) is 8.21. The van der Waals surface area contributed by atoms with E-state index in [4.69, 9.17) is 11.6 Å². The summed E-state index contributed by atoms with van der Waals surface area (Å²) in [6.45, 7) is 6.97. The Morgan fingerprint density at radius 1 is 1.37 bits per heavy atom. The Hall–Kier alpha value is -1.56. The molecule has 0 aliphatic heterocycles. The predicted octanol–water partition coefficient (Wildman–Crippen LogP) is 6.26. The van der Waals surface area contributed by atoms with E-state index >= 15 is 0 Å². The first-order chi connectivity index (χ1) is 13.2. The highest BCUT2D eigenvalue weighted by atomic mass is 35.5. The van der Waals surface area contributed by atoms with Gasteiger partial charge in [-0.1, -0.05) is 54.6 Å². The molecule has 0 saturated heterocycles. The van der Waals surface area contributed by atoms with E-state index in [-0.39, 0.29) is 0 Å². The van der Waals surface area contributed by atoms with E-state index in [0.29, 0.717) is 6.54 Å². The lowest BCUT2D eigenvalue weighted by molar-refractivity contribution is 0.508. The molecule has 2 aromatic heterocycles. The molecule has 0 bridgehead atoms. The van der Waals surface area contributed by atoms with Crippen LogP contribution >= 0.6 is 34.7 Å². The minimum atomic E-state index is 0.703. The van der Waals surface area contributed by atoms with Crippen LogP contribution in [0.25, 0.3) is 11.4 Å². The molecule has 0 radical (unpaired) electrons. The summed E-state index contributed by atoms with van der Waals surface area (Å²) in [6.07, 6.45) is 5.48. The van der Waals surface area contributed by atoms with Crippen molar-refractivity contribution in [1.29, 1.82) is 0 Å². The molecule has 0 spiro atoms. The molecule has 6 heteroatoms. The average molecular weight is 416 g/mol. The van der Waals surface area contributed by atoms with Crippen molar-refractivity contribution in [3.05, 3.63) is 63.3 Å². The van der Waals surface area contributed by atoms with Crippen molar-refractivity contribution < 1.29 is 0 Å². The average Bonchev–Trinajstić information content (AvgIpc) is 3.25. The van der Waals surface area contributed by atoms with Crippen molar-refractivity contribution >= 4 is 34.7 Å². The molecule has 1 unspecified atom stereocenters. The number of halogens is 1. The largest absolute Gasteiger partial charge is 0.298 e. The fraction of sp³-hybridized carbons (Fsp3) is 0.333. The zero-order valence-corrected chi connectivity index (χ0v) is 17.7. The Labute approximate surface area is 173 Å². The SMILES string of the molecule is C=CCn1c(SCc2ccccc2Cl)nnc1-c1csc2c1CCC(C)C2. The Morgan fingerprint density at radius 3 is 3.04 bits per heavy atom. The van der Waals surface area contributed by atoms with Crippen LogP contribution in [0.3, 0.4) is 0 Å². The van der Waals surface area contributed by atoms with Gasteiger partial charge in [-0.2, -0.15) is 0 Å². The minimum absolute atomic E-state index is 0.703. The van der Waals surface area contributed by atoms with Crippen molar-refractivity contribution in [3.8, 4) is 11.4 Å². The second-order valence-corrected chi connectivity index (χ2v) is 9.30. The molecule has 27 heavy (non-hydrogen) atoms. The lowest BCUT2D eigenvalue weighted by Gasteiger charge is -2.19. The molecule has 1 aliphatic rings. The maximum Gasteiger partial charge on any atom is 0.192 e. The minimum Gasteiger partial charge on any atom is -0.298 e. The number of benzene rings is 1. The highest BCUT2D eigenvalue weighted by molar-refractivity contribution is 7.98. The first-order valence-electron chi connectivity index (χ1n) is 9.17. The molecule has 2 heterocycles. The fourth-order valence-electron chi connectivity index (χ4n) is 3.51. The summed E-state index contributed by atoms with van der Waals surface area (Å²) >= 11 is 9.84. The first kappa shape index (κ1) is 18.8. The Kier molecular flexibility index (Phi) is 5.71. The molecule has 0 saturated carbocycles. The molecule has 1 atom stereocenters. The van der Waals surface area contributed by atoms with Crippen LogP contribution < -0.4 is 0 Å². The van der Waals surface area contributed by atoms with Crippen LogP contribution in [-0.2, 0) is 25.1 Å². The Morgan fingerprint density at radius 2 is 2.22 bits per heavy atom. The summed E-state index contributed by atoms with van der Waals surface area (Å²) in [5, 5.41) is 13.0. The van der Waals surface area contributed by atoms with Gasteiger partial charge >= 0.3 is 0 Å². The number of thioether (sulfide) groups is 1. The van der Waals surface area contributed by atoms with E-state index in [0.717, 1.165) is 39.7 Å². The number of hydrogen-bond donors (Lipinski definition) is 0. The predicted molar refractivity (Wildman–Crippen MR) is 116 cm³/mol. The summed E-state index contributed by atoms with van der Waals surface area (Å²) in [6, 6.07) is 7.95. The molecular weight excluding hydrogens is 394 g/mol. The van der Waals surface area contributed by atoms with E-state index in [1.165, 1.54) is 28.8 Å². The molecule has 140 valence electrons. The zero-order chi connectivity index (χ0) is 18.8. The first-order valence-corrected chi connectivity index (χ1v) is 11.4. The monoisotopic (exact) mass is 415 g/mol. The van der Waals surface area contributed by atoms with Crippen LogP contribution in [0, 0.1) is 5.92 Å². The van der Waals surface area contributed by atoms with Gasteiger partial charge in [0.05, 0.1) is 0 Å². The van der Waals surface area contributed by atoms with Gasteiger partial charge in [-0.25, -0.2) is 0 Å². The second-order valence-electron chi connectivity index (χ2n) is 6.98. The third-order valence-corrected chi connectivity index (χ3v) is 7.42. The van der Waals surface area contributed by atoms with E-state index in [9.17, 15) is 0 Å². The molecule has 1 aromatic carbocycles. The van der Waals surface area contributed by atoms with E-state index in [2.05, 4.69) is 39.7 Å². The van der Waals surface area contributed by atoms with E-state index in [1.54, 1.807) is 11.8 Å². The van der Waals surface area contributed by atoms with Crippen molar-refractivity contribution in [2.75, 3.05) is 0 Å². The van der Waals surface area contributed by atoms with Crippen molar-refractivity contribution in [1.82, 2.24) is 14.8 Å². The summed E-state index contributed by atoms with van der Waals surface area (Å²) in [7, 11) is 0. The number of rotatable bonds is 6. The lowest BCUT2D eigenvalue weighted by Crippen LogP contribution is -2.10. The van der Waals surface area contributed by atoms with E-state index < -0.39 is 0 Å². The van der Waals surface area contributed by atoms with Crippen LogP contribution in [0.15, 0.2) is 47.5 Å². The molecule has 3 nitrogen and oxygen atoms in total. The standard InChI is InChI=1S/C21H22ClN3S2/c1-3-10-25-20(17-13-26-19-11-14(2)8-9-16(17)19)23-24-21(25)27-12-15-6-4-5-7-18(15)22/h3-7,13-14H,1,8-12H2,2H3. The molecule has 0 N–H and O–H groups in total. The Balaban J connectivity index is 1.63. The number of fused-ring (bicyclic) bond motifs is 1. The van der Waals surface area contributed by atoms with Gasteiger partial charge in [0, 0.05) is 33.1 Å². The van der Waals surface area contributed by atoms with Crippen molar-refractivity contribution in [3.63, 3.8) is 0 Å². The summed E-state index contributed by atoms with van der Waals surface area (Å²) < 4.78 is 2.18. The fourth-order valence-corrected chi connectivity index (χ4v) is 5.99. The quantitative estimate of drug-likeness (QED) is 0.351. The van der Waals surface area contributed by atoms with Gasteiger partial charge in [-0.3, -0.25) is 4.57 Å². The summed E-state index contributed by atoms with van der Waals surface area (Å²) in [4.78, 5) is 1.52. The Bertz CT molecular complexity index is 960. The molecule has 4 rings (SSSR count). The van der Waals surface area contributed by atoms with Crippen molar-refractivity contribution in [2.45, 2.75) is 43.6 Å². The van der Waals surface area contributed by atoms with Gasteiger partial charge in [0.2, 0.25) is 0 Å². The molecule has 0 amide bonds. The van der Waals surface area contributed by atoms with Crippen LogP contribution in [-0.4, -0.2) is 14.8 Å². The van der Waals surface area contributed by atoms with Gasteiger partial charge in [-0.15, -0.1) is 28.1 Å². The number of nitrogens with zero attached hydrogens (tertiary/aromatic N) is 3. The van der Waals surface area contributed by atoms with E-state index in [1.807, 2.05) is 35.6 Å². The maximum atomic E-state index is 6.30. The van der Waals surface area contributed by atoms with Crippen LogP contribution in [0.4, 0.5) is 0 Å². The van der Waals surface area contributed by atoms with Gasteiger partial charge in [-0.05, 0) is 42.4 Å². The number of allylic oxidation sites excluding steroid dienone is 1. The molecule has 3 aromatic rings. The van der Waals surface area contributed by atoms with Crippen LogP contribution in [0.5, 0.6) is 0 Å². The number of hydrogen-bond acceptors (Lipinski definition) is 4. The topological polar surface area (TPSA) is 30.7 Å². The van der Waals surface area contributed by atoms with Crippen LogP contribution in [0.1, 0.15) is 29.3 Å². The van der Waals surface area contributed by atoms with Gasteiger partial charge < -0.3 is 0 Å². The third-order valence-electron chi connectivity index (χ3n) is 4.99. The highest BCUT2D eigenvalue weighted by Gasteiger charge is 2.24. The molecule has 0 fully saturated rings. The maximum absolute atomic E-state index is 6.30. The smallest absolute Gasteiger partial charge is 0.192 e. The normalized spacial score (nSPS) is 16.3. The molecule has 1 aliphatic carbocycles. The van der Waals surface area contributed by atoms with Gasteiger partial charge in [0.15, 0.2) is 11.0 Å². The van der Waals surface area contributed by atoms with Gasteiger partial charge in [0.1, 0.15) is 0 Å². The third kappa shape index (κ3) is 3.86. The molecular formula is C21H22ClN3S2. The summed E-state index contributed by atoms with van der Waals surface area (Å²) in [5.74, 6) is 2.51. The van der Waals surface area contributed by atoms with Crippen molar-refractivity contribution in [2.24, 2.45) is 5.92 Å². The zero-order valence-electron chi connectivity index (χ0n) is 15.3. The highest BCUT2D eigenvalue weighted by Crippen LogP contribution is 2.38. The van der Waals surface area contributed by atoms with Gasteiger partial charge in [0.25, 0.3) is 0 Å².